The van der Waals surface area contributed by atoms with Crippen LogP contribution in [0.5, 0.6) is 0 Å². The lowest BCUT2D eigenvalue weighted by Crippen LogP contribution is -2.30. The van der Waals surface area contributed by atoms with E-state index in [0.717, 1.165) is 25.3 Å². The fraction of sp³-hybridized carbons (Fsp3) is 0.611. The van der Waals surface area contributed by atoms with Crippen LogP contribution in [0.1, 0.15) is 51.1 Å². The van der Waals surface area contributed by atoms with E-state index < -0.39 is 0 Å². The smallest absolute Gasteiger partial charge is 0.220 e. The quantitative estimate of drug-likeness (QED) is 0.720. The molecule has 2 N–H and O–H groups in total. The van der Waals surface area contributed by atoms with E-state index >= 15 is 0 Å². The summed E-state index contributed by atoms with van der Waals surface area (Å²) in [5.74, 6) is 1.98. The molecule has 1 unspecified atom stereocenters. The molecular formula is C18H29ClN2OS. The molecule has 23 heavy (non-hydrogen) atoms. The highest BCUT2D eigenvalue weighted by Crippen LogP contribution is 2.21. The molecule has 0 aliphatic carbocycles. The van der Waals surface area contributed by atoms with Gasteiger partial charge in [-0.15, -0.1) is 24.2 Å². The minimum Gasteiger partial charge on any atom is -0.350 e. The third-order valence-electron chi connectivity index (χ3n) is 4.31. The van der Waals surface area contributed by atoms with E-state index in [-0.39, 0.29) is 24.4 Å². The number of benzene rings is 1. The number of nitrogens with one attached hydrogen (secondary N) is 2. The minimum absolute atomic E-state index is 0. The summed E-state index contributed by atoms with van der Waals surface area (Å²) in [5, 5.41) is 6.49. The van der Waals surface area contributed by atoms with Gasteiger partial charge >= 0.3 is 0 Å². The molecule has 0 spiro atoms. The van der Waals surface area contributed by atoms with E-state index in [4.69, 9.17) is 0 Å². The molecule has 2 rings (SSSR count). The largest absolute Gasteiger partial charge is 0.350 e. The van der Waals surface area contributed by atoms with Crippen molar-refractivity contribution in [3.63, 3.8) is 0 Å². The van der Waals surface area contributed by atoms with Gasteiger partial charge in [-0.3, -0.25) is 4.79 Å². The molecule has 0 radical (unpaired) electrons. The summed E-state index contributed by atoms with van der Waals surface area (Å²) >= 11 is 1.84. The molecule has 1 saturated heterocycles. The number of hydrogen-bond acceptors (Lipinski definition) is 3. The Morgan fingerprint density at radius 1 is 1.30 bits per heavy atom. The number of amides is 1. The highest BCUT2D eigenvalue weighted by molar-refractivity contribution is 7.99. The number of halogens is 1. The third kappa shape index (κ3) is 7.15. The minimum atomic E-state index is 0. The SMILES string of the molecule is CCSc1ccc(C(C)NC(=O)CCC2CCNCC2)cc1.Cl. The van der Waals surface area contributed by atoms with Crippen molar-refractivity contribution in [2.75, 3.05) is 18.8 Å². The van der Waals surface area contributed by atoms with Gasteiger partial charge in [0.1, 0.15) is 0 Å². The first-order valence-electron chi connectivity index (χ1n) is 8.42. The van der Waals surface area contributed by atoms with Crippen molar-refractivity contribution >= 4 is 30.1 Å². The van der Waals surface area contributed by atoms with Crippen LogP contribution in [0.3, 0.4) is 0 Å². The molecular weight excluding hydrogens is 328 g/mol. The summed E-state index contributed by atoms with van der Waals surface area (Å²) in [6, 6.07) is 8.61. The number of hydrogen-bond donors (Lipinski definition) is 2. The summed E-state index contributed by atoms with van der Waals surface area (Å²) in [7, 11) is 0. The lowest BCUT2D eigenvalue weighted by Gasteiger charge is -2.22. The molecule has 3 nitrogen and oxygen atoms in total. The van der Waals surface area contributed by atoms with Gasteiger partial charge in [0.2, 0.25) is 5.91 Å². The van der Waals surface area contributed by atoms with Gasteiger partial charge in [0.25, 0.3) is 0 Å². The van der Waals surface area contributed by atoms with Crippen LogP contribution in [0.15, 0.2) is 29.2 Å². The first-order valence-corrected chi connectivity index (χ1v) is 9.40. The molecule has 1 aliphatic rings. The molecule has 1 aromatic rings. The van der Waals surface area contributed by atoms with Gasteiger partial charge in [0.05, 0.1) is 6.04 Å². The fourth-order valence-electron chi connectivity index (χ4n) is 2.92. The fourth-order valence-corrected chi connectivity index (χ4v) is 3.58. The summed E-state index contributed by atoms with van der Waals surface area (Å²) in [6.07, 6.45) is 4.09. The summed E-state index contributed by atoms with van der Waals surface area (Å²) in [4.78, 5) is 13.4. The zero-order chi connectivity index (χ0) is 15.8. The second-order valence-electron chi connectivity index (χ2n) is 6.02. The van der Waals surface area contributed by atoms with Crippen LogP contribution in [0.25, 0.3) is 0 Å². The predicted molar refractivity (Wildman–Crippen MR) is 101 cm³/mol. The maximum absolute atomic E-state index is 12.1. The summed E-state index contributed by atoms with van der Waals surface area (Å²) in [6.45, 7) is 6.42. The Labute approximate surface area is 150 Å². The van der Waals surface area contributed by atoms with Crippen LogP contribution in [0.2, 0.25) is 0 Å². The first-order chi connectivity index (χ1) is 10.7. The Morgan fingerprint density at radius 2 is 1.96 bits per heavy atom. The van der Waals surface area contributed by atoms with Gasteiger partial charge in [-0.2, -0.15) is 0 Å². The van der Waals surface area contributed by atoms with Gasteiger partial charge in [-0.05, 0) is 68.6 Å². The standard InChI is InChI=1S/C18H28N2OS.ClH/c1-3-22-17-7-5-16(6-8-17)14(2)20-18(21)9-4-15-10-12-19-13-11-15;/h5-8,14-15,19H,3-4,9-13H2,1-2H3,(H,20,21);1H. The highest BCUT2D eigenvalue weighted by atomic mass is 35.5. The molecule has 1 atom stereocenters. The van der Waals surface area contributed by atoms with E-state index in [1.165, 1.54) is 23.3 Å². The van der Waals surface area contributed by atoms with Crippen LogP contribution >= 0.6 is 24.2 Å². The molecule has 1 aromatic carbocycles. The highest BCUT2D eigenvalue weighted by Gasteiger charge is 2.15. The second-order valence-corrected chi connectivity index (χ2v) is 7.36. The molecule has 5 heteroatoms. The molecule has 0 aromatic heterocycles. The second kappa shape index (κ2) is 11.0. The molecule has 1 heterocycles. The van der Waals surface area contributed by atoms with Crippen molar-refractivity contribution in [2.45, 2.75) is 50.5 Å². The normalized spacial score (nSPS) is 16.4. The van der Waals surface area contributed by atoms with Crippen molar-refractivity contribution in [2.24, 2.45) is 5.92 Å². The van der Waals surface area contributed by atoms with Gasteiger partial charge in [-0.25, -0.2) is 0 Å². The van der Waals surface area contributed by atoms with Crippen molar-refractivity contribution in [1.82, 2.24) is 10.6 Å². The van der Waals surface area contributed by atoms with Gasteiger partial charge < -0.3 is 10.6 Å². The van der Waals surface area contributed by atoms with Gasteiger partial charge in [-0.1, -0.05) is 19.1 Å². The maximum atomic E-state index is 12.1. The number of carbonyl (C=O) groups excluding carboxylic acids is 1. The molecule has 0 saturated carbocycles. The zero-order valence-electron chi connectivity index (χ0n) is 14.1. The zero-order valence-corrected chi connectivity index (χ0v) is 15.8. The van der Waals surface area contributed by atoms with Crippen LogP contribution < -0.4 is 10.6 Å². The molecule has 1 fully saturated rings. The number of rotatable bonds is 7. The van der Waals surface area contributed by atoms with E-state index in [9.17, 15) is 4.79 Å². The summed E-state index contributed by atoms with van der Waals surface area (Å²) < 4.78 is 0. The maximum Gasteiger partial charge on any atom is 0.220 e. The monoisotopic (exact) mass is 356 g/mol. The Kier molecular flexibility index (Phi) is 9.68. The van der Waals surface area contributed by atoms with E-state index in [1.807, 2.05) is 11.8 Å². The Hall–Kier alpha value is -0.710. The van der Waals surface area contributed by atoms with Crippen molar-refractivity contribution < 1.29 is 4.79 Å². The predicted octanol–water partition coefficient (Wildman–Crippen LogP) is 4.18. The average Bonchev–Trinajstić information content (AvgIpc) is 2.55. The molecule has 1 aliphatic heterocycles. The Balaban J connectivity index is 0.00000264. The third-order valence-corrected chi connectivity index (χ3v) is 5.20. The molecule has 130 valence electrons. The van der Waals surface area contributed by atoms with Crippen molar-refractivity contribution in [1.29, 1.82) is 0 Å². The van der Waals surface area contributed by atoms with Crippen molar-refractivity contribution in [3.8, 4) is 0 Å². The van der Waals surface area contributed by atoms with E-state index in [1.54, 1.807) is 0 Å². The lowest BCUT2D eigenvalue weighted by atomic mass is 9.93. The van der Waals surface area contributed by atoms with Crippen LogP contribution in [-0.2, 0) is 4.79 Å². The van der Waals surface area contributed by atoms with Crippen LogP contribution in [-0.4, -0.2) is 24.7 Å². The number of carbonyl (C=O) groups is 1. The molecule has 0 bridgehead atoms. The first kappa shape index (κ1) is 20.3. The Morgan fingerprint density at radius 3 is 2.57 bits per heavy atom. The number of piperidine rings is 1. The lowest BCUT2D eigenvalue weighted by molar-refractivity contribution is -0.122. The van der Waals surface area contributed by atoms with E-state index in [2.05, 4.69) is 48.7 Å². The van der Waals surface area contributed by atoms with Crippen LogP contribution in [0.4, 0.5) is 0 Å². The molecule has 1 amide bonds. The number of thioether (sulfide) groups is 1. The van der Waals surface area contributed by atoms with Gasteiger partial charge in [0, 0.05) is 11.3 Å². The van der Waals surface area contributed by atoms with E-state index in [0.29, 0.717) is 12.3 Å². The average molecular weight is 357 g/mol. The topological polar surface area (TPSA) is 41.1 Å². The van der Waals surface area contributed by atoms with Gasteiger partial charge in [0.15, 0.2) is 0 Å². The van der Waals surface area contributed by atoms with Crippen LogP contribution in [0, 0.1) is 5.92 Å². The summed E-state index contributed by atoms with van der Waals surface area (Å²) in [5.41, 5.74) is 1.18. The van der Waals surface area contributed by atoms with Crippen molar-refractivity contribution in [3.05, 3.63) is 29.8 Å². The Bertz CT molecular complexity index is 461.